The number of rotatable bonds is 6. The van der Waals surface area contributed by atoms with Crippen LogP contribution in [0.5, 0.6) is 0 Å². The lowest BCUT2D eigenvalue weighted by molar-refractivity contribution is 0.0667. The number of aryl methyl sites for hydroxylation is 1. The van der Waals surface area contributed by atoms with Crippen LogP contribution in [0, 0.1) is 0 Å². The molecule has 0 aliphatic carbocycles. The zero-order valence-electron chi connectivity index (χ0n) is 13.6. The Morgan fingerprint density at radius 1 is 1.21 bits per heavy atom. The van der Waals surface area contributed by atoms with Crippen LogP contribution < -0.4 is 4.90 Å². The number of nitrogens with one attached hydrogen (secondary N) is 1. The molecule has 0 unspecified atom stereocenters. The van der Waals surface area contributed by atoms with E-state index in [1.165, 1.54) is 5.56 Å². The Balaban J connectivity index is 1.28. The zero-order chi connectivity index (χ0) is 16.2. The summed E-state index contributed by atoms with van der Waals surface area (Å²) in [7, 11) is 0. The van der Waals surface area contributed by atoms with Gasteiger partial charge in [-0.15, -0.1) is 0 Å². The minimum absolute atomic E-state index is 0.276. The standard InChI is InChI=1S/C18H21N5O/c1-2-5-14(6-3-1)7-4-10-24-15-8-9-23(12-15)18-16-11-21-22-17(16)19-13-20-18/h1-3,5-6,11,13,15H,4,7-10,12H2,(H,19,20,21,22)/t15-/m1/s1. The van der Waals surface area contributed by atoms with Gasteiger partial charge in [-0.25, -0.2) is 9.97 Å². The van der Waals surface area contributed by atoms with Crippen LogP contribution in [0.4, 0.5) is 5.82 Å². The normalized spacial score (nSPS) is 17.7. The topological polar surface area (TPSA) is 66.9 Å². The van der Waals surface area contributed by atoms with Crippen molar-refractivity contribution in [2.75, 3.05) is 24.6 Å². The summed E-state index contributed by atoms with van der Waals surface area (Å²) >= 11 is 0. The Kier molecular flexibility index (Phi) is 4.38. The second-order valence-corrected chi connectivity index (χ2v) is 6.15. The van der Waals surface area contributed by atoms with Gasteiger partial charge in [-0.2, -0.15) is 5.10 Å². The highest BCUT2D eigenvalue weighted by molar-refractivity contribution is 5.86. The molecule has 6 nitrogen and oxygen atoms in total. The van der Waals surface area contributed by atoms with Crippen LogP contribution in [-0.4, -0.2) is 46.0 Å². The molecule has 1 aliphatic heterocycles. The average molecular weight is 323 g/mol. The van der Waals surface area contributed by atoms with Crippen molar-refractivity contribution in [3.63, 3.8) is 0 Å². The molecule has 1 atom stereocenters. The highest BCUT2D eigenvalue weighted by Gasteiger charge is 2.25. The van der Waals surface area contributed by atoms with Crippen molar-refractivity contribution in [3.05, 3.63) is 48.4 Å². The monoisotopic (exact) mass is 323 g/mol. The lowest BCUT2D eigenvalue weighted by atomic mass is 10.1. The lowest BCUT2D eigenvalue weighted by Crippen LogP contribution is -2.24. The highest BCUT2D eigenvalue weighted by atomic mass is 16.5. The fourth-order valence-corrected chi connectivity index (χ4v) is 3.23. The van der Waals surface area contributed by atoms with Gasteiger partial charge in [0.1, 0.15) is 12.1 Å². The molecule has 4 rings (SSSR count). The van der Waals surface area contributed by atoms with Crippen molar-refractivity contribution in [2.45, 2.75) is 25.4 Å². The van der Waals surface area contributed by atoms with Crippen molar-refractivity contribution in [1.82, 2.24) is 20.2 Å². The average Bonchev–Trinajstić information content (AvgIpc) is 3.28. The summed E-state index contributed by atoms with van der Waals surface area (Å²) in [6.45, 7) is 2.64. The second kappa shape index (κ2) is 6.97. The highest BCUT2D eigenvalue weighted by Crippen LogP contribution is 2.25. The minimum atomic E-state index is 0.276. The molecule has 1 fully saturated rings. The van der Waals surface area contributed by atoms with Gasteiger partial charge in [-0.3, -0.25) is 5.10 Å². The summed E-state index contributed by atoms with van der Waals surface area (Å²) in [4.78, 5) is 10.9. The summed E-state index contributed by atoms with van der Waals surface area (Å²) in [5.74, 6) is 0.948. The van der Waals surface area contributed by atoms with Crippen LogP contribution in [0.2, 0.25) is 0 Å². The van der Waals surface area contributed by atoms with Gasteiger partial charge in [0.05, 0.1) is 17.7 Å². The van der Waals surface area contributed by atoms with Crippen molar-refractivity contribution in [2.24, 2.45) is 0 Å². The van der Waals surface area contributed by atoms with Crippen LogP contribution in [-0.2, 0) is 11.2 Å². The van der Waals surface area contributed by atoms with Crippen LogP contribution in [0.1, 0.15) is 18.4 Å². The number of ether oxygens (including phenoxy) is 1. The van der Waals surface area contributed by atoms with Crippen molar-refractivity contribution < 1.29 is 4.74 Å². The second-order valence-electron chi connectivity index (χ2n) is 6.15. The maximum Gasteiger partial charge on any atom is 0.160 e. The first kappa shape index (κ1) is 15.1. The van der Waals surface area contributed by atoms with Gasteiger partial charge in [0.15, 0.2) is 5.65 Å². The first-order chi connectivity index (χ1) is 11.9. The maximum absolute atomic E-state index is 6.06. The Bertz CT molecular complexity index is 788. The smallest absolute Gasteiger partial charge is 0.160 e. The van der Waals surface area contributed by atoms with Gasteiger partial charge in [-0.05, 0) is 24.8 Å². The molecule has 2 aromatic heterocycles. The summed E-state index contributed by atoms with van der Waals surface area (Å²) < 4.78 is 6.06. The summed E-state index contributed by atoms with van der Waals surface area (Å²) in [5, 5.41) is 7.92. The minimum Gasteiger partial charge on any atom is -0.376 e. The molecule has 1 saturated heterocycles. The Hall–Kier alpha value is -2.47. The van der Waals surface area contributed by atoms with Crippen molar-refractivity contribution in [3.8, 4) is 0 Å². The SMILES string of the molecule is c1ccc(CCCO[C@@H]2CCN(c3ncnc4[nH]ncc34)C2)cc1. The summed E-state index contributed by atoms with van der Waals surface area (Å²) in [6, 6.07) is 10.6. The fraction of sp³-hybridized carbons (Fsp3) is 0.389. The first-order valence-corrected chi connectivity index (χ1v) is 8.45. The van der Waals surface area contributed by atoms with Gasteiger partial charge < -0.3 is 9.64 Å². The molecule has 1 aliphatic rings. The molecular formula is C18H21N5O. The number of nitrogens with zero attached hydrogens (tertiary/aromatic N) is 4. The van der Waals surface area contributed by atoms with E-state index in [0.29, 0.717) is 0 Å². The molecule has 1 N–H and O–H groups in total. The molecule has 3 aromatic rings. The molecule has 3 heterocycles. The van der Waals surface area contributed by atoms with E-state index in [1.807, 2.05) is 0 Å². The Labute approximate surface area is 140 Å². The van der Waals surface area contributed by atoms with Gasteiger partial charge in [0.25, 0.3) is 0 Å². The summed E-state index contributed by atoms with van der Waals surface area (Å²) in [5.41, 5.74) is 2.16. The van der Waals surface area contributed by atoms with Gasteiger partial charge >= 0.3 is 0 Å². The Morgan fingerprint density at radius 3 is 3.04 bits per heavy atom. The number of hydrogen-bond acceptors (Lipinski definition) is 5. The molecule has 0 saturated carbocycles. The van der Waals surface area contributed by atoms with Gasteiger partial charge in [0.2, 0.25) is 0 Å². The van der Waals surface area contributed by atoms with Crippen LogP contribution in [0.25, 0.3) is 11.0 Å². The molecule has 1 aromatic carbocycles. The molecule has 124 valence electrons. The van der Waals surface area contributed by atoms with E-state index >= 15 is 0 Å². The molecular weight excluding hydrogens is 302 g/mol. The third-order valence-corrected chi connectivity index (χ3v) is 4.48. The predicted molar refractivity (Wildman–Crippen MR) is 93.0 cm³/mol. The first-order valence-electron chi connectivity index (χ1n) is 8.45. The maximum atomic E-state index is 6.06. The van der Waals surface area contributed by atoms with Crippen LogP contribution in [0.15, 0.2) is 42.9 Å². The van der Waals surface area contributed by atoms with Crippen LogP contribution in [0.3, 0.4) is 0 Å². The van der Waals surface area contributed by atoms with E-state index in [9.17, 15) is 0 Å². The number of benzene rings is 1. The van der Waals surface area contributed by atoms with Crippen molar-refractivity contribution in [1.29, 1.82) is 0 Å². The van der Waals surface area contributed by atoms with Crippen molar-refractivity contribution >= 4 is 16.9 Å². The quantitative estimate of drug-likeness (QED) is 0.706. The molecule has 0 spiro atoms. The third-order valence-electron chi connectivity index (χ3n) is 4.48. The van der Waals surface area contributed by atoms with Gasteiger partial charge in [0, 0.05) is 19.7 Å². The van der Waals surface area contributed by atoms with E-state index in [2.05, 4.69) is 55.4 Å². The largest absolute Gasteiger partial charge is 0.376 e. The molecule has 6 heteroatoms. The number of fused-ring (bicyclic) bond motifs is 1. The molecule has 0 radical (unpaired) electrons. The lowest BCUT2D eigenvalue weighted by Gasteiger charge is -2.18. The van der Waals surface area contributed by atoms with E-state index < -0.39 is 0 Å². The number of hydrogen-bond donors (Lipinski definition) is 1. The third kappa shape index (κ3) is 3.23. The van der Waals surface area contributed by atoms with Gasteiger partial charge in [-0.1, -0.05) is 30.3 Å². The summed E-state index contributed by atoms with van der Waals surface area (Å²) in [6.07, 6.45) is 6.81. The predicted octanol–water partition coefficient (Wildman–Crippen LogP) is 2.58. The molecule has 0 amide bonds. The molecule has 24 heavy (non-hydrogen) atoms. The number of H-pyrrole nitrogens is 1. The van der Waals surface area contributed by atoms with Crippen LogP contribution >= 0.6 is 0 Å². The van der Waals surface area contributed by atoms with E-state index in [1.54, 1.807) is 12.5 Å². The fourth-order valence-electron chi connectivity index (χ4n) is 3.23. The van der Waals surface area contributed by atoms with E-state index in [4.69, 9.17) is 4.74 Å². The number of anilines is 1. The Morgan fingerprint density at radius 2 is 2.12 bits per heavy atom. The van der Waals surface area contributed by atoms with E-state index in [0.717, 1.165) is 55.8 Å². The van der Waals surface area contributed by atoms with E-state index in [-0.39, 0.29) is 6.10 Å². The number of aromatic nitrogens is 4. The zero-order valence-corrected chi connectivity index (χ0v) is 13.6. The number of aromatic amines is 1. The molecule has 0 bridgehead atoms.